The van der Waals surface area contributed by atoms with Crippen molar-refractivity contribution in [3.05, 3.63) is 41.7 Å². The van der Waals surface area contributed by atoms with Crippen molar-refractivity contribution in [2.45, 2.75) is 18.8 Å². The van der Waals surface area contributed by atoms with Gasteiger partial charge in [0.1, 0.15) is 23.5 Å². The van der Waals surface area contributed by atoms with Crippen LogP contribution in [0.5, 0.6) is 0 Å². The molecule has 1 heterocycles. The molecule has 0 radical (unpaired) electrons. The minimum atomic E-state index is 0.427. The Labute approximate surface area is 123 Å². The summed E-state index contributed by atoms with van der Waals surface area (Å²) in [5, 5.41) is 9.23. The first-order chi connectivity index (χ1) is 10.2. The second-order valence-electron chi connectivity index (χ2n) is 5.08. The van der Waals surface area contributed by atoms with Gasteiger partial charge in [-0.2, -0.15) is 5.26 Å². The van der Waals surface area contributed by atoms with Crippen LogP contribution in [0.2, 0.25) is 0 Å². The molecular formula is C15H16N6. The van der Waals surface area contributed by atoms with Crippen LogP contribution in [-0.4, -0.2) is 17.0 Å². The predicted octanol–water partition coefficient (Wildman–Crippen LogP) is 2.28. The normalized spacial score (nSPS) is 13.6. The van der Waals surface area contributed by atoms with Crippen molar-refractivity contribution >= 4 is 17.3 Å². The largest absolute Gasteiger partial charge is 0.328 e. The number of anilines is 3. The molecule has 1 fully saturated rings. The van der Waals surface area contributed by atoms with Gasteiger partial charge in [-0.05, 0) is 25.0 Å². The van der Waals surface area contributed by atoms with Gasteiger partial charge in [0.05, 0.1) is 11.3 Å². The van der Waals surface area contributed by atoms with E-state index in [2.05, 4.69) is 21.5 Å². The zero-order valence-electron chi connectivity index (χ0n) is 11.7. The number of aromatic nitrogens is 2. The maximum atomic E-state index is 9.23. The highest BCUT2D eigenvalue weighted by Crippen LogP contribution is 2.39. The Morgan fingerprint density at radius 2 is 2.10 bits per heavy atom. The molecule has 106 valence electrons. The van der Waals surface area contributed by atoms with Gasteiger partial charge in [-0.15, -0.1) is 0 Å². The van der Waals surface area contributed by atoms with Gasteiger partial charge >= 0.3 is 0 Å². The number of nitrogens with zero attached hydrogens (tertiary/aromatic N) is 4. The summed E-state index contributed by atoms with van der Waals surface area (Å²) >= 11 is 0. The van der Waals surface area contributed by atoms with E-state index in [1.807, 2.05) is 30.1 Å². The van der Waals surface area contributed by atoms with Crippen LogP contribution in [0.3, 0.4) is 0 Å². The second-order valence-corrected chi connectivity index (χ2v) is 5.08. The summed E-state index contributed by atoms with van der Waals surface area (Å²) in [5.41, 5.74) is 4.00. The highest BCUT2D eigenvalue weighted by molar-refractivity contribution is 5.68. The fraction of sp³-hybridized carbons (Fsp3) is 0.267. The molecule has 2 aromatic rings. The molecule has 1 aliphatic carbocycles. The van der Waals surface area contributed by atoms with E-state index in [-0.39, 0.29) is 0 Å². The summed E-state index contributed by atoms with van der Waals surface area (Å²) < 4.78 is 0. The zero-order chi connectivity index (χ0) is 14.8. The maximum absolute atomic E-state index is 9.23. The van der Waals surface area contributed by atoms with Gasteiger partial charge in [-0.3, -0.25) is 0 Å². The van der Waals surface area contributed by atoms with E-state index in [1.165, 1.54) is 0 Å². The summed E-state index contributed by atoms with van der Waals surface area (Å²) in [5.74, 6) is 8.04. The molecule has 0 unspecified atom stereocenters. The lowest BCUT2D eigenvalue weighted by Crippen LogP contribution is -2.16. The van der Waals surface area contributed by atoms with Gasteiger partial charge in [0, 0.05) is 19.0 Å². The van der Waals surface area contributed by atoms with Crippen LogP contribution in [0.1, 0.15) is 30.1 Å². The van der Waals surface area contributed by atoms with Crippen molar-refractivity contribution in [1.82, 2.24) is 9.97 Å². The summed E-state index contributed by atoms with van der Waals surface area (Å²) in [4.78, 5) is 10.9. The van der Waals surface area contributed by atoms with Crippen LogP contribution < -0.4 is 16.2 Å². The van der Waals surface area contributed by atoms with E-state index in [0.717, 1.165) is 30.2 Å². The quantitative estimate of drug-likeness (QED) is 0.659. The second kappa shape index (κ2) is 5.38. The fourth-order valence-electron chi connectivity index (χ4n) is 2.21. The summed E-state index contributed by atoms with van der Waals surface area (Å²) in [7, 11) is 1.88. The number of hydrogen-bond acceptors (Lipinski definition) is 6. The average Bonchev–Trinajstić information content (AvgIpc) is 3.38. The van der Waals surface area contributed by atoms with Gasteiger partial charge in [-0.25, -0.2) is 15.8 Å². The van der Waals surface area contributed by atoms with E-state index in [1.54, 1.807) is 12.1 Å². The van der Waals surface area contributed by atoms with Crippen LogP contribution in [0.25, 0.3) is 0 Å². The molecule has 1 aliphatic rings. The number of nitrogens with one attached hydrogen (secondary N) is 1. The number of rotatable bonds is 4. The van der Waals surface area contributed by atoms with Gasteiger partial charge in [0.15, 0.2) is 0 Å². The standard InChI is InChI=1S/C15H16N6/c1-21(12-5-3-2-4-11(12)9-16)14-8-13(20-17)18-15(19-14)10-6-7-10/h2-5,8,10H,6-7,17H2,1H3,(H,18,19,20). The lowest BCUT2D eigenvalue weighted by molar-refractivity contribution is 0.913. The number of para-hydroxylation sites is 1. The smallest absolute Gasteiger partial charge is 0.145 e. The zero-order valence-corrected chi connectivity index (χ0v) is 11.7. The van der Waals surface area contributed by atoms with Crippen molar-refractivity contribution in [1.29, 1.82) is 5.26 Å². The minimum absolute atomic E-state index is 0.427. The highest BCUT2D eigenvalue weighted by atomic mass is 15.3. The molecule has 1 aromatic carbocycles. The lowest BCUT2D eigenvalue weighted by Gasteiger charge is -2.20. The molecule has 3 N–H and O–H groups in total. The first-order valence-corrected chi connectivity index (χ1v) is 6.81. The fourth-order valence-corrected chi connectivity index (χ4v) is 2.21. The number of nitrogen functional groups attached to an aromatic ring is 1. The molecule has 3 rings (SSSR count). The summed E-state index contributed by atoms with van der Waals surface area (Å²) in [6.45, 7) is 0. The molecule has 0 spiro atoms. The Kier molecular flexibility index (Phi) is 3.42. The van der Waals surface area contributed by atoms with Crippen molar-refractivity contribution in [3.63, 3.8) is 0 Å². The molecule has 6 heteroatoms. The molecule has 0 aliphatic heterocycles. The van der Waals surface area contributed by atoms with Gasteiger partial charge < -0.3 is 10.3 Å². The Bertz CT molecular complexity index is 702. The third-order valence-electron chi connectivity index (χ3n) is 3.55. The average molecular weight is 280 g/mol. The Morgan fingerprint density at radius 1 is 1.33 bits per heavy atom. The SMILES string of the molecule is CN(c1cc(NN)nc(C2CC2)n1)c1ccccc1C#N. The molecular weight excluding hydrogens is 264 g/mol. The third kappa shape index (κ3) is 2.64. The van der Waals surface area contributed by atoms with Gasteiger partial charge in [0.2, 0.25) is 0 Å². The van der Waals surface area contributed by atoms with E-state index in [4.69, 9.17) is 5.84 Å². The van der Waals surface area contributed by atoms with Crippen LogP contribution in [0, 0.1) is 11.3 Å². The van der Waals surface area contributed by atoms with E-state index in [0.29, 0.717) is 17.3 Å². The lowest BCUT2D eigenvalue weighted by atomic mass is 10.2. The molecule has 0 bridgehead atoms. The van der Waals surface area contributed by atoms with Crippen LogP contribution in [0.15, 0.2) is 30.3 Å². The Morgan fingerprint density at radius 3 is 2.76 bits per heavy atom. The molecule has 1 aromatic heterocycles. The van der Waals surface area contributed by atoms with E-state index in [9.17, 15) is 5.26 Å². The predicted molar refractivity (Wildman–Crippen MR) is 81.0 cm³/mol. The van der Waals surface area contributed by atoms with Crippen molar-refractivity contribution in [2.24, 2.45) is 5.84 Å². The number of hydrogen-bond donors (Lipinski definition) is 2. The van der Waals surface area contributed by atoms with Crippen LogP contribution >= 0.6 is 0 Å². The summed E-state index contributed by atoms with van der Waals surface area (Å²) in [6, 6.07) is 11.4. The molecule has 0 amide bonds. The first kappa shape index (κ1) is 13.3. The van der Waals surface area contributed by atoms with Crippen LogP contribution in [0.4, 0.5) is 17.3 Å². The monoisotopic (exact) mass is 280 g/mol. The van der Waals surface area contributed by atoms with E-state index < -0.39 is 0 Å². The van der Waals surface area contributed by atoms with Gasteiger partial charge in [0.25, 0.3) is 0 Å². The van der Waals surface area contributed by atoms with Crippen molar-refractivity contribution in [2.75, 3.05) is 17.4 Å². The highest BCUT2D eigenvalue weighted by Gasteiger charge is 2.28. The first-order valence-electron chi connectivity index (χ1n) is 6.81. The number of hydrazine groups is 1. The topological polar surface area (TPSA) is 90.9 Å². The molecule has 6 nitrogen and oxygen atoms in total. The summed E-state index contributed by atoms with van der Waals surface area (Å²) in [6.07, 6.45) is 2.23. The number of benzene rings is 1. The molecule has 1 saturated carbocycles. The molecule has 0 saturated heterocycles. The van der Waals surface area contributed by atoms with Crippen molar-refractivity contribution < 1.29 is 0 Å². The Balaban J connectivity index is 2.02. The Hall–Kier alpha value is -2.65. The maximum Gasteiger partial charge on any atom is 0.145 e. The number of nitriles is 1. The molecule has 21 heavy (non-hydrogen) atoms. The minimum Gasteiger partial charge on any atom is -0.328 e. The van der Waals surface area contributed by atoms with E-state index >= 15 is 0 Å². The third-order valence-corrected chi connectivity index (χ3v) is 3.55. The number of nitrogens with two attached hydrogens (primary N) is 1. The van der Waals surface area contributed by atoms with Crippen LogP contribution in [-0.2, 0) is 0 Å². The van der Waals surface area contributed by atoms with Gasteiger partial charge in [-0.1, -0.05) is 12.1 Å². The van der Waals surface area contributed by atoms with Crippen molar-refractivity contribution in [3.8, 4) is 6.07 Å². The molecule has 0 atom stereocenters.